The average Bonchev–Trinajstić information content (AvgIpc) is 2.62. The molecule has 2 heterocycles. The molecule has 0 unspecified atom stereocenters. The predicted octanol–water partition coefficient (Wildman–Crippen LogP) is 3.11. The van der Waals surface area contributed by atoms with E-state index < -0.39 is 0 Å². The van der Waals surface area contributed by atoms with Crippen molar-refractivity contribution >= 4 is 23.3 Å². The highest BCUT2D eigenvalue weighted by molar-refractivity contribution is 7.99. The van der Waals surface area contributed by atoms with E-state index in [1.54, 1.807) is 12.5 Å². The molecule has 0 radical (unpaired) electrons. The zero-order valence-corrected chi connectivity index (χ0v) is 10.2. The van der Waals surface area contributed by atoms with Crippen molar-refractivity contribution in [3.63, 3.8) is 0 Å². The Bertz CT molecular complexity index is 501. The first-order valence-electron chi connectivity index (χ1n) is 5.70. The number of fused-ring (bicyclic) bond motifs is 1. The van der Waals surface area contributed by atoms with Gasteiger partial charge in [-0.2, -0.15) is 0 Å². The highest BCUT2D eigenvalue weighted by Gasteiger charge is 2.17. The Balaban J connectivity index is 2.06. The largest absolute Gasteiger partial charge is 0.325 e. The first-order valence-corrected chi connectivity index (χ1v) is 6.69. The summed E-state index contributed by atoms with van der Waals surface area (Å²) in [6, 6.07) is 10.5. The molecule has 0 N–H and O–H groups in total. The van der Waals surface area contributed by atoms with Gasteiger partial charge in [0.15, 0.2) is 0 Å². The molecule has 1 aromatic heterocycles. The Morgan fingerprint density at radius 2 is 2.12 bits per heavy atom. The summed E-state index contributed by atoms with van der Waals surface area (Å²) in [5.74, 6) is 2.15. The molecule has 4 heteroatoms. The van der Waals surface area contributed by atoms with Crippen molar-refractivity contribution in [3.8, 4) is 0 Å². The topological polar surface area (TPSA) is 29.0 Å². The van der Waals surface area contributed by atoms with Crippen molar-refractivity contribution in [3.05, 3.63) is 42.9 Å². The molecule has 0 spiro atoms. The standard InChI is InChI=1S/C13H13N3S/c1-2-5-12-11(4-1)16(8-3-9-17-12)13-6-7-14-10-15-13/h1-2,4-7,10H,3,8-9H2. The maximum atomic E-state index is 4.35. The highest BCUT2D eigenvalue weighted by atomic mass is 32.2. The summed E-state index contributed by atoms with van der Waals surface area (Å²) in [5, 5.41) is 0. The van der Waals surface area contributed by atoms with Crippen LogP contribution in [0.4, 0.5) is 11.5 Å². The minimum absolute atomic E-state index is 0.981. The third-order valence-electron chi connectivity index (χ3n) is 2.78. The third kappa shape index (κ3) is 2.13. The summed E-state index contributed by atoms with van der Waals surface area (Å²) >= 11 is 1.92. The molecule has 0 saturated carbocycles. The number of hydrogen-bond acceptors (Lipinski definition) is 4. The molecule has 1 aliphatic heterocycles. The number of para-hydroxylation sites is 1. The molecule has 0 saturated heterocycles. The van der Waals surface area contributed by atoms with Crippen LogP contribution >= 0.6 is 11.8 Å². The van der Waals surface area contributed by atoms with Crippen molar-refractivity contribution in [1.82, 2.24) is 9.97 Å². The molecule has 0 fully saturated rings. The maximum Gasteiger partial charge on any atom is 0.136 e. The summed E-state index contributed by atoms with van der Waals surface area (Å²) < 4.78 is 0. The molecule has 2 aromatic rings. The van der Waals surface area contributed by atoms with E-state index in [2.05, 4.69) is 39.1 Å². The third-order valence-corrected chi connectivity index (χ3v) is 3.93. The van der Waals surface area contributed by atoms with Crippen LogP contribution in [0.3, 0.4) is 0 Å². The van der Waals surface area contributed by atoms with Crippen molar-refractivity contribution < 1.29 is 0 Å². The van der Waals surface area contributed by atoms with E-state index in [1.165, 1.54) is 22.8 Å². The number of rotatable bonds is 1. The SMILES string of the molecule is c1ccc2c(c1)SCCCN2c1ccncn1. The molecule has 0 amide bonds. The van der Waals surface area contributed by atoms with Gasteiger partial charge in [0.1, 0.15) is 12.1 Å². The summed E-state index contributed by atoms with van der Waals surface area (Å²) in [5.41, 5.74) is 1.26. The molecule has 1 aliphatic rings. The number of thioether (sulfide) groups is 1. The van der Waals surface area contributed by atoms with Gasteiger partial charge in [-0.05, 0) is 30.4 Å². The smallest absolute Gasteiger partial charge is 0.136 e. The van der Waals surface area contributed by atoms with E-state index in [0.29, 0.717) is 0 Å². The molecule has 3 rings (SSSR count). The first-order chi connectivity index (χ1) is 8.45. The van der Waals surface area contributed by atoms with Gasteiger partial charge >= 0.3 is 0 Å². The van der Waals surface area contributed by atoms with Crippen LogP contribution in [-0.4, -0.2) is 22.3 Å². The van der Waals surface area contributed by atoms with E-state index in [-0.39, 0.29) is 0 Å². The van der Waals surface area contributed by atoms with E-state index in [9.17, 15) is 0 Å². The van der Waals surface area contributed by atoms with Crippen LogP contribution in [0.2, 0.25) is 0 Å². The van der Waals surface area contributed by atoms with E-state index in [1.807, 2.05) is 17.8 Å². The van der Waals surface area contributed by atoms with E-state index in [0.717, 1.165) is 12.4 Å². The van der Waals surface area contributed by atoms with E-state index >= 15 is 0 Å². The Kier molecular flexibility index (Phi) is 2.96. The van der Waals surface area contributed by atoms with E-state index in [4.69, 9.17) is 0 Å². The van der Waals surface area contributed by atoms with Gasteiger partial charge in [-0.25, -0.2) is 9.97 Å². The van der Waals surface area contributed by atoms with Crippen LogP contribution in [0, 0.1) is 0 Å². The molecule has 0 atom stereocenters. The fraction of sp³-hybridized carbons (Fsp3) is 0.231. The van der Waals surface area contributed by atoms with Gasteiger partial charge in [-0.1, -0.05) is 12.1 Å². The van der Waals surface area contributed by atoms with Gasteiger partial charge in [-0.3, -0.25) is 0 Å². The van der Waals surface area contributed by atoms with Gasteiger partial charge in [0.05, 0.1) is 5.69 Å². The number of aromatic nitrogens is 2. The predicted molar refractivity (Wildman–Crippen MR) is 70.8 cm³/mol. The summed E-state index contributed by atoms with van der Waals surface area (Å²) in [6.45, 7) is 1.01. The lowest BCUT2D eigenvalue weighted by molar-refractivity contribution is 0.878. The summed E-state index contributed by atoms with van der Waals surface area (Å²) in [7, 11) is 0. The Hall–Kier alpha value is -1.55. The lowest BCUT2D eigenvalue weighted by Crippen LogP contribution is -2.19. The second-order valence-corrected chi connectivity index (χ2v) is 5.03. The van der Waals surface area contributed by atoms with Crippen LogP contribution in [0.15, 0.2) is 47.8 Å². The van der Waals surface area contributed by atoms with Gasteiger partial charge in [0.2, 0.25) is 0 Å². The fourth-order valence-corrected chi connectivity index (χ4v) is 3.00. The molecule has 0 bridgehead atoms. The molecule has 0 aliphatic carbocycles. The molecule has 1 aromatic carbocycles. The molecular weight excluding hydrogens is 230 g/mol. The summed E-state index contributed by atoms with van der Waals surface area (Å²) in [4.78, 5) is 11.9. The molecule has 17 heavy (non-hydrogen) atoms. The monoisotopic (exact) mass is 243 g/mol. The van der Waals surface area contributed by atoms with Crippen LogP contribution in [0.25, 0.3) is 0 Å². The van der Waals surface area contributed by atoms with Gasteiger partial charge < -0.3 is 4.90 Å². The van der Waals surface area contributed by atoms with Gasteiger partial charge in [-0.15, -0.1) is 11.8 Å². The van der Waals surface area contributed by atoms with Crippen molar-refractivity contribution in [2.45, 2.75) is 11.3 Å². The lowest BCUT2D eigenvalue weighted by Gasteiger charge is -2.22. The lowest BCUT2D eigenvalue weighted by atomic mass is 10.2. The van der Waals surface area contributed by atoms with Crippen LogP contribution < -0.4 is 4.90 Å². The number of hydrogen-bond donors (Lipinski definition) is 0. The zero-order chi connectivity index (χ0) is 11.5. The van der Waals surface area contributed by atoms with Gasteiger partial charge in [0, 0.05) is 17.6 Å². The highest BCUT2D eigenvalue weighted by Crippen LogP contribution is 2.36. The zero-order valence-electron chi connectivity index (χ0n) is 9.41. The Morgan fingerprint density at radius 3 is 3.00 bits per heavy atom. The molecule has 3 nitrogen and oxygen atoms in total. The van der Waals surface area contributed by atoms with Crippen LogP contribution in [-0.2, 0) is 0 Å². The minimum atomic E-state index is 0.981. The van der Waals surface area contributed by atoms with Crippen molar-refractivity contribution in [2.24, 2.45) is 0 Å². The van der Waals surface area contributed by atoms with Crippen LogP contribution in [0.5, 0.6) is 0 Å². The number of nitrogens with zero attached hydrogens (tertiary/aromatic N) is 3. The van der Waals surface area contributed by atoms with Crippen molar-refractivity contribution in [1.29, 1.82) is 0 Å². The molecular formula is C13H13N3S. The van der Waals surface area contributed by atoms with Crippen LogP contribution in [0.1, 0.15) is 6.42 Å². The minimum Gasteiger partial charge on any atom is -0.325 e. The second-order valence-electron chi connectivity index (χ2n) is 3.89. The fourth-order valence-electron chi connectivity index (χ4n) is 2.01. The average molecular weight is 243 g/mol. The Morgan fingerprint density at radius 1 is 1.18 bits per heavy atom. The first kappa shape index (κ1) is 10.6. The van der Waals surface area contributed by atoms with Crippen molar-refractivity contribution in [2.75, 3.05) is 17.2 Å². The van der Waals surface area contributed by atoms with Gasteiger partial charge in [0.25, 0.3) is 0 Å². The Labute approximate surface area is 105 Å². The summed E-state index contributed by atoms with van der Waals surface area (Å²) in [6.07, 6.45) is 4.57. The quantitative estimate of drug-likeness (QED) is 0.769. The molecule has 86 valence electrons. The number of benzene rings is 1. The number of anilines is 2. The second kappa shape index (κ2) is 4.75. The normalized spacial score (nSPS) is 15.2. The maximum absolute atomic E-state index is 4.35.